The van der Waals surface area contributed by atoms with Gasteiger partial charge in [-0.15, -0.1) is 11.3 Å². The minimum atomic E-state index is -0.406. The zero-order valence-corrected chi connectivity index (χ0v) is 11.9. The fraction of sp³-hybridized carbons (Fsp3) is 0.0667. The maximum absolute atomic E-state index is 12.9. The number of nitrogen functional groups attached to an aromatic ring is 1. The summed E-state index contributed by atoms with van der Waals surface area (Å²) in [6, 6.07) is 6.72. The maximum Gasteiger partial charge on any atom is 0.249 e. The molecule has 0 fully saturated rings. The predicted molar refractivity (Wildman–Crippen MR) is 81.4 cm³/mol. The normalized spacial score (nSPS) is 11.0. The van der Waals surface area contributed by atoms with Gasteiger partial charge in [0.1, 0.15) is 15.5 Å². The molecule has 106 valence electrons. The standard InChI is InChI=1S/C15H11FN2O2S/c1-7-6-10(19)18-15-11(7)12(17)14(21-15)13(20)8-2-4-9(16)5-3-8/h2-6H,17H2,1H3,(H,18,19). The van der Waals surface area contributed by atoms with E-state index in [4.69, 9.17) is 5.73 Å². The van der Waals surface area contributed by atoms with Crippen molar-refractivity contribution in [1.29, 1.82) is 0 Å². The molecule has 0 bridgehead atoms. The molecule has 0 aliphatic carbocycles. The van der Waals surface area contributed by atoms with Crippen molar-refractivity contribution in [2.45, 2.75) is 6.92 Å². The van der Waals surface area contributed by atoms with E-state index in [0.29, 0.717) is 26.3 Å². The van der Waals surface area contributed by atoms with E-state index >= 15 is 0 Å². The lowest BCUT2D eigenvalue weighted by molar-refractivity contribution is 0.104. The lowest BCUT2D eigenvalue weighted by Gasteiger charge is -2.00. The Balaban J connectivity index is 2.19. The number of aromatic amines is 1. The number of thiophene rings is 1. The Morgan fingerprint density at radius 3 is 2.62 bits per heavy atom. The highest BCUT2D eigenvalue weighted by molar-refractivity contribution is 7.21. The first-order valence-corrected chi connectivity index (χ1v) is 7.01. The maximum atomic E-state index is 12.9. The molecule has 0 spiro atoms. The number of H-pyrrole nitrogens is 1. The lowest BCUT2D eigenvalue weighted by Crippen LogP contribution is -2.04. The Bertz CT molecular complexity index is 910. The molecule has 0 saturated heterocycles. The molecule has 6 heteroatoms. The molecule has 0 aliphatic heterocycles. The van der Waals surface area contributed by atoms with Crippen LogP contribution in [-0.4, -0.2) is 10.8 Å². The van der Waals surface area contributed by atoms with Gasteiger partial charge in [0.25, 0.3) is 0 Å². The number of ketones is 1. The molecule has 0 amide bonds. The van der Waals surface area contributed by atoms with Crippen LogP contribution in [0.1, 0.15) is 20.8 Å². The molecule has 3 rings (SSSR count). The largest absolute Gasteiger partial charge is 0.397 e. The number of rotatable bonds is 2. The number of fused-ring (bicyclic) bond motifs is 1. The zero-order valence-electron chi connectivity index (χ0n) is 11.1. The fourth-order valence-electron chi connectivity index (χ4n) is 2.24. The Morgan fingerprint density at radius 1 is 1.29 bits per heavy atom. The van der Waals surface area contributed by atoms with Gasteiger partial charge in [-0.1, -0.05) is 0 Å². The number of hydrogen-bond acceptors (Lipinski definition) is 4. The molecule has 1 aromatic carbocycles. The quantitative estimate of drug-likeness (QED) is 0.715. The van der Waals surface area contributed by atoms with Gasteiger partial charge < -0.3 is 10.7 Å². The van der Waals surface area contributed by atoms with Crippen LogP contribution in [-0.2, 0) is 0 Å². The van der Waals surface area contributed by atoms with Gasteiger partial charge in [-0.3, -0.25) is 9.59 Å². The average Bonchev–Trinajstić information content (AvgIpc) is 2.76. The highest BCUT2D eigenvalue weighted by atomic mass is 32.1. The summed E-state index contributed by atoms with van der Waals surface area (Å²) in [5.74, 6) is -0.690. The molecule has 21 heavy (non-hydrogen) atoms. The van der Waals surface area contributed by atoms with Crippen LogP contribution >= 0.6 is 11.3 Å². The van der Waals surface area contributed by atoms with E-state index in [1.807, 2.05) is 0 Å². The summed E-state index contributed by atoms with van der Waals surface area (Å²) in [6.45, 7) is 1.77. The summed E-state index contributed by atoms with van der Waals surface area (Å²) >= 11 is 1.14. The van der Waals surface area contributed by atoms with Crippen LogP contribution < -0.4 is 11.3 Å². The molecule has 0 aliphatic rings. The van der Waals surface area contributed by atoms with Crippen LogP contribution in [0.2, 0.25) is 0 Å². The van der Waals surface area contributed by atoms with Crippen LogP contribution in [0.4, 0.5) is 10.1 Å². The summed E-state index contributed by atoms with van der Waals surface area (Å²) < 4.78 is 12.9. The number of aromatic nitrogens is 1. The molecular formula is C15H11FN2O2S. The summed E-state index contributed by atoms with van der Waals surface area (Å²) in [5, 5.41) is 0.685. The Hall–Kier alpha value is -2.47. The number of anilines is 1. The predicted octanol–water partition coefficient (Wildman–Crippen LogP) is 2.85. The molecular weight excluding hydrogens is 291 g/mol. The first-order valence-electron chi connectivity index (χ1n) is 6.19. The number of aryl methyl sites for hydroxylation is 1. The SMILES string of the molecule is Cc1cc(=O)[nH]c2sc(C(=O)c3ccc(F)cc3)c(N)c12. The van der Waals surface area contributed by atoms with Crippen molar-refractivity contribution in [3.8, 4) is 0 Å². The van der Waals surface area contributed by atoms with Crippen molar-refractivity contribution in [1.82, 2.24) is 4.98 Å². The third kappa shape index (κ3) is 2.23. The topological polar surface area (TPSA) is 76.0 Å². The number of benzene rings is 1. The molecule has 3 N–H and O–H groups in total. The van der Waals surface area contributed by atoms with Crippen molar-refractivity contribution in [3.63, 3.8) is 0 Å². The Kier molecular flexibility index (Phi) is 3.10. The number of carbonyl (C=O) groups excluding carboxylic acids is 1. The molecule has 0 atom stereocenters. The second-order valence-corrected chi connectivity index (χ2v) is 5.72. The van der Waals surface area contributed by atoms with Gasteiger partial charge in [-0.2, -0.15) is 0 Å². The van der Waals surface area contributed by atoms with Gasteiger partial charge >= 0.3 is 0 Å². The second kappa shape index (κ2) is 4.82. The molecule has 0 radical (unpaired) electrons. The number of nitrogens with one attached hydrogen (secondary N) is 1. The highest BCUT2D eigenvalue weighted by Gasteiger charge is 2.19. The van der Waals surface area contributed by atoms with Crippen molar-refractivity contribution < 1.29 is 9.18 Å². The lowest BCUT2D eigenvalue weighted by atomic mass is 10.1. The molecule has 4 nitrogen and oxygen atoms in total. The van der Waals surface area contributed by atoms with Gasteiger partial charge in [0, 0.05) is 17.0 Å². The van der Waals surface area contributed by atoms with Crippen LogP contribution in [0.15, 0.2) is 35.1 Å². The fourth-order valence-corrected chi connectivity index (χ4v) is 3.39. The summed E-state index contributed by atoms with van der Waals surface area (Å²) in [4.78, 5) is 27.5. The van der Waals surface area contributed by atoms with E-state index in [9.17, 15) is 14.0 Å². The van der Waals surface area contributed by atoms with Crippen molar-refractivity contribution in [2.75, 3.05) is 5.73 Å². The first kappa shape index (κ1) is 13.5. The van der Waals surface area contributed by atoms with Gasteiger partial charge in [0.15, 0.2) is 0 Å². The third-order valence-electron chi connectivity index (χ3n) is 3.24. The van der Waals surface area contributed by atoms with E-state index in [0.717, 1.165) is 16.9 Å². The van der Waals surface area contributed by atoms with E-state index in [2.05, 4.69) is 4.98 Å². The third-order valence-corrected chi connectivity index (χ3v) is 4.36. The van der Waals surface area contributed by atoms with Crippen molar-refractivity contribution >= 4 is 33.0 Å². The number of nitrogens with two attached hydrogens (primary N) is 1. The second-order valence-electron chi connectivity index (χ2n) is 4.70. The molecule has 2 heterocycles. The first-order chi connectivity index (χ1) is 9.97. The van der Waals surface area contributed by atoms with Crippen LogP contribution in [0.25, 0.3) is 10.2 Å². The Labute approximate surface area is 123 Å². The van der Waals surface area contributed by atoms with E-state index in [-0.39, 0.29) is 11.3 Å². The molecule has 0 saturated carbocycles. The number of hydrogen-bond donors (Lipinski definition) is 2. The van der Waals surface area contributed by atoms with Crippen molar-refractivity contribution in [2.24, 2.45) is 0 Å². The smallest absolute Gasteiger partial charge is 0.249 e. The minimum Gasteiger partial charge on any atom is -0.397 e. The van der Waals surface area contributed by atoms with Crippen molar-refractivity contribution in [3.05, 3.63) is 62.5 Å². The van der Waals surface area contributed by atoms with E-state index in [1.165, 1.54) is 30.3 Å². The van der Waals surface area contributed by atoms with Gasteiger partial charge in [0.2, 0.25) is 11.3 Å². The Morgan fingerprint density at radius 2 is 1.95 bits per heavy atom. The van der Waals surface area contributed by atoms with E-state index < -0.39 is 5.82 Å². The summed E-state index contributed by atoms with van der Waals surface area (Å²) in [6.07, 6.45) is 0. The van der Waals surface area contributed by atoms with Gasteiger partial charge in [-0.25, -0.2) is 4.39 Å². The average molecular weight is 302 g/mol. The highest BCUT2D eigenvalue weighted by Crippen LogP contribution is 2.35. The zero-order chi connectivity index (χ0) is 15.1. The van der Waals surface area contributed by atoms with E-state index in [1.54, 1.807) is 6.92 Å². The summed E-state index contributed by atoms with van der Waals surface area (Å²) in [7, 11) is 0. The van der Waals surface area contributed by atoms with Crippen LogP contribution in [0, 0.1) is 12.7 Å². The monoisotopic (exact) mass is 302 g/mol. The van der Waals surface area contributed by atoms with Crippen LogP contribution in [0.3, 0.4) is 0 Å². The number of pyridine rings is 1. The molecule has 0 unspecified atom stereocenters. The van der Waals surface area contributed by atoms with Gasteiger partial charge in [-0.05, 0) is 36.8 Å². The van der Waals surface area contributed by atoms with Gasteiger partial charge in [0.05, 0.1) is 5.69 Å². The molecule has 3 aromatic rings. The minimum absolute atomic E-state index is 0.234. The molecule has 2 aromatic heterocycles. The number of carbonyl (C=O) groups is 1. The van der Waals surface area contributed by atoms with Crippen LogP contribution in [0.5, 0.6) is 0 Å². The number of halogens is 1. The summed E-state index contributed by atoms with van der Waals surface area (Å²) in [5.41, 5.74) is 7.24.